The number of furan rings is 1. The molecule has 0 bridgehead atoms. The minimum atomic E-state index is -0.664. The molecule has 2 N–H and O–H groups in total. The van der Waals surface area contributed by atoms with Crippen LogP contribution in [0.5, 0.6) is 0 Å². The molecule has 0 radical (unpaired) electrons. The first-order chi connectivity index (χ1) is 9.61. The van der Waals surface area contributed by atoms with Crippen LogP contribution >= 0.6 is 11.6 Å². The van der Waals surface area contributed by atoms with E-state index in [1.807, 2.05) is 0 Å². The Morgan fingerprint density at radius 1 is 1.05 bits per heavy atom. The van der Waals surface area contributed by atoms with Crippen molar-refractivity contribution >= 4 is 22.6 Å². The van der Waals surface area contributed by atoms with E-state index in [2.05, 4.69) is 0 Å². The molecule has 0 spiro atoms. The lowest BCUT2D eigenvalue weighted by molar-refractivity contribution is 0.550. The average molecular weight is 294 g/mol. The zero-order valence-corrected chi connectivity index (χ0v) is 11.0. The molecule has 0 atom stereocenters. The lowest BCUT2D eigenvalue weighted by Gasteiger charge is -2.05. The van der Waals surface area contributed by atoms with E-state index in [1.165, 1.54) is 18.2 Å². The van der Waals surface area contributed by atoms with Crippen molar-refractivity contribution in [3.05, 3.63) is 58.8 Å². The van der Waals surface area contributed by atoms with Gasteiger partial charge in [-0.3, -0.25) is 0 Å². The Morgan fingerprint density at radius 3 is 2.40 bits per heavy atom. The smallest absolute Gasteiger partial charge is 0.135 e. The van der Waals surface area contributed by atoms with Gasteiger partial charge in [-0.2, -0.15) is 0 Å². The van der Waals surface area contributed by atoms with Gasteiger partial charge >= 0.3 is 0 Å². The van der Waals surface area contributed by atoms with Gasteiger partial charge in [0.1, 0.15) is 23.0 Å². The van der Waals surface area contributed by atoms with Crippen LogP contribution in [0.4, 0.5) is 8.78 Å². The molecule has 20 heavy (non-hydrogen) atoms. The number of hydrogen-bond donors (Lipinski definition) is 1. The molecule has 2 nitrogen and oxygen atoms in total. The molecule has 0 unspecified atom stereocenters. The summed E-state index contributed by atoms with van der Waals surface area (Å²) in [4.78, 5) is 0. The highest BCUT2D eigenvalue weighted by atomic mass is 35.5. The Kier molecular flexibility index (Phi) is 3.20. The van der Waals surface area contributed by atoms with E-state index >= 15 is 0 Å². The lowest BCUT2D eigenvalue weighted by atomic mass is 10.0. The van der Waals surface area contributed by atoms with Crippen LogP contribution < -0.4 is 5.73 Å². The summed E-state index contributed by atoms with van der Waals surface area (Å²) < 4.78 is 33.6. The maximum atomic E-state index is 14.0. The van der Waals surface area contributed by atoms with Crippen LogP contribution in [0.25, 0.3) is 22.1 Å². The summed E-state index contributed by atoms with van der Waals surface area (Å²) in [7, 11) is 0. The van der Waals surface area contributed by atoms with Crippen LogP contribution in [0.3, 0.4) is 0 Å². The molecule has 0 amide bonds. The molecular formula is C15H10ClF2NO. The Bertz CT molecular complexity index is 778. The number of fused-ring (bicyclic) bond motifs is 1. The van der Waals surface area contributed by atoms with Crippen molar-refractivity contribution in [2.75, 3.05) is 0 Å². The van der Waals surface area contributed by atoms with Crippen molar-refractivity contribution in [2.45, 2.75) is 6.54 Å². The van der Waals surface area contributed by atoms with Gasteiger partial charge in [0.05, 0.1) is 12.1 Å². The van der Waals surface area contributed by atoms with Gasteiger partial charge in [-0.25, -0.2) is 8.78 Å². The van der Waals surface area contributed by atoms with Crippen molar-refractivity contribution in [3.8, 4) is 11.1 Å². The van der Waals surface area contributed by atoms with E-state index in [9.17, 15) is 8.78 Å². The van der Waals surface area contributed by atoms with E-state index < -0.39 is 11.6 Å². The molecule has 0 aliphatic heterocycles. The fourth-order valence-electron chi connectivity index (χ4n) is 2.28. The van der Waals surface area contributed by atoms with Crippen LogP contribution in [0.2, 0.25) is 5.02 Å². The van der Waals surface area contributed by atoms with Crippen LogP contribution in [0, 0.1) is 11.6 Å². The van der Waals surface area contributed by atoms with Gasteiger partial charge in [-0.05, 0) is 30.3 Å². The minimum Gasteiger partial charge on any atom is -0.459 e. The second kappa shape index (κ2) is 4.89. The first kappa shape index (κ1) is 13.1. The highest BCUT2D eigenvalue weighted by Crippen LogP contribution is 2.38. The molecule has 5 heteroatoms. The fraction of sp³-hybridized carbons (Fsp3) is 0.0667. The fourth-order valence-corrected chi connectivity index (χ4v) is 2.45. The quantitative estimate of drug-likeness (QED) is 0.756. The molecule has 102 valence electrons. The number of benzene rings is 2. The van der Waals surface area contributed by atoms with E-state index in [-0.39, 0.29) is 12.1 Å². The van der Waals surface area contributed by atoms with Crippen molar-refractivity contribution in [2.24, 2.45) is 5.73 Å². The summed E-state index contributed by atoms with van der Waals surface area (Å²) in [5.41, 5.74) is 6.29. The molecule has 0 saturated carbocycles. The van der Waals surface area contributed by atoms with E-state index in [0.29, 0.717) is 27.3 Å². The van der Waals surface area contributed by atoms with Gasteiger partial charge < -0.3 is 10.2 Å². The van der Waals surface area contributed by atoms with Crippen LogP contribution in [-0.4, -0.2) is 0 Å². The first-order valence-corrected chi connectivity index (χ1v) is 6.35. The number of halogens is 3. The zero-order chi connectivity index (χ0) is 14.3. The molecule has 0 saturated heterocycles. The summed E-state index contributed by atoms with van der Waals surface area (Å²) in [5, 5.41) is 1.00. The topological polar surface area (TPSA) is 39.2 Å². The maximum Gasteiger partial charge on any atom is 0.135 e. The maximum absolute atomic E-state index is 14.0. The summed E-state index contributed by atoms with van der Waals surface area (Å²) in [5.74, 6) is -1.00. The zero-order valence-electron chi connectivity index (χ0n) is 10.3. The Hall–Kier alpha value is -1.91. The molecule has 1 aromatic heterocycles. The van der Waals surface area contributed by atoms with Gasteiger partial charge in [0, 0.05) is 16.0 Å². The molecule has 3 rings (SSSR count). The predicted molar refractivity (Wildman–Crippen MR) is 74.5 cm³/mol. The third-order valence-electron chi connectivity index (χ3n) is 3.12. The Labute approximate surface area is 118 Å². The lowest BCUT2D eigenvalue weighted by Crippen LogP contribution is -1.98. The highest BCUT2D eigenvalue weighted by Gasteiger charge is 2.21. The first-order valence-electron chi connectivity index (χ1n) is 5.97. The van der Waals surface area contributed by atoms with Crippen molar-refractivity contribution in [1.82, 2.24) is 0 Å². The second-order valence-corrected chi connectivity index (χ2v) is 4.78. The predicted octanol–water partition coefficient (Wildman–Crippen LogP) is 4.49. The van der Waals surface area contributed by atoms with Crippen molar-refractivity contribution < 1.29 is 13.2 Å². The van der Waals surface area contributed by atoms with Gasteiger partial charge in [0.2, 0.25) is 0 Å². The minimum absolute atomic E-state index is 0.0371. The summed E-state index contributed by atoms with van der Waals surface area (Å²) in [6, 6.07) is 8.62. The third kappa shape index (κ3) is 1.97. The largest absolute Gasteiger partial charge is 0.459 e. The van der Waals surface area contributed by atoms with Crippen LogP contribution in [0.15, 0.2) is 40.8 Å². The molecule has 0 aliphatic rings. The molecule has 3 aromatic rings. The number of nitrogens with two attached hydrogens (primary N) is 1. The molecule has 0 fully saturated rings. The summed E-state index contributed by atoms with van der Waals surface area (Å²) >= 11 is 5.95. The van der Waals surface area contributed by atoms with Gasteiger partial charge in [0.25, 0.3) is 0 Å². The molecule has 1 heterocycles. The van der Waals surface area contributed by atoms with Crippen molar-refractivity contribution in [3.63, 3.8) is 0 Å². The van der Waals surface area contributed by atoms with Crippen LogP contribution in [0.1, 0.15) is 5.76 Å². The van der Waals surface area contributed by atoms with E-state index in [4.69, 9.17) is 21.8 Å². The summed E-state index contributed by atoms with van der Waals surface area (Å²) in [6.45, 7) is 0.0371. The standard InChI is InChI=1S/C15H10ClF2NO/c16-8-4-5-12-9(6-8)14(13(7-19)20-12)15-10(17)2-1-3-11(15)18/h1-6H,7,19H2. The Morgan fingerprint density at radius 2 is 1.75 bits per heavy atom. The second-order valence-electron chi connectivity index (χ2n) is 4.34. The normalized spacial score (nSPS) is 11.2. The highest BCUT2D eigenvalue weighted by molar-refractivity contribution is 6.31. The van der Waals surface area contributed by atoms with Gasteiger partial charge in [0.15, 0.2) is 0 Å². The van der Waals surface area contributed by atoms with Crippen molar-refractivity contribution in [1.29, 1.82) is 0 Å². The molecule has 0 aliphatic carbocycles. The van der Waals surface area contributed by atoms with E-state index in [1.54, 1.807) is 18.2 Å². The van der Waals surface area contributed by atoms with Gasteiger partial charge in [-0.15, -0.1) is 0 Å². The molecule has 2 aromatic carbocycles. The van der Waals surface area contributed by atoms with Gasteiger partial charge in [-0.1, -0.05) is 17.7 Å². The third-order valence-corrected chi connectivity index (χ3v) is 3.36. The monoisotopic (exact) mass is 293 g/mol. The number of hydrogen-bond acceptors (Lipinski definition) is 2. The summed E-state index contributed by atoms with van der Waals surface area (Å²) in [6.07, 6.45) is 0. The van der Waals surface area contributed by atoms with E-state index in [0.717, 1.165) is 0 Å². The molecular weight excluding hydrogens is 284 g/mol. The SMILES string of the molecule is NCc1oc2ccc(Cl)cc2c1-c1c(F)cccc1F. The Balaban J connectivity index is 2.42. The number of rotatable bonds is 2. The van der Waals surface area contributed by atoms with Crippen LogP contribution in [-0.2, 0) is 6.54 Å². The average Bonchev–Trinajstić information content (AvgIpc) is 2.77.